The fourth-order valence-corrected chi connectivity index (χ4v) is 3.60. The van der Waals surface area contributed by atoms with E-state index in [1.54, 1.807) is 37.4 Å². The topological polar surface area (TPSA) is 82.9 Å². The second-order valence-corrected chi connectivity index (χ2v) is 7.51. The summed E-state index contributed by atoms with van der Waals surface area (Å²) in [4.78, 5) is 10.3. The van der Waals surface area contributed by atoms with Crippen LogP contribution in [0.5, 0.6) is 5.75 Å². The average Bonchev–Trinajstić information content (AvgIpc) is 2.85. The number of ether oxygens (including phenoxy) is 1. The summed E-state index contributed by atoms with van der Waals surface area (Å²) in [5.41, 5.74) is 2.75. The van der Waals surface area contributed by atoms with E-state index in [1.165, 1.54) is 11.9 Å². The maximum atomic E-state index is 9.11. The zero-order valence-electron chi connectivity index (χ0n) is 17.9. The van der Waals surface area contributed by atoms with Crippen LogP contribution in [0.3, 0.4) is 0 Å². The van der Waals surface area contributed by atoms with Crippen molar-refractivity contribution >= 4 is 51.9 Å². The minimum atomic E-state index is 0.521. The van der Waals surface area contributed by atoms with Gasteiger partial charge < -0.3 is 14.8 Å². The third-order valence-corrected chi connectivity index (χ3v) is 5.34. The molecule has 2 N–H and O–H groups in total. The highest BCUT2D eigenvalue weighted by molar-refractivity contribution is 8.00. The van der Waals surface area contributed by atoms with E-state index in [1.807, 2.05) is 50.2 Å². The number of nitrogens with one attached hydrogen (secondary N) is 2. The monoisotopic (exact) mass is 463 g/mol. The van der Waals surface area contributed by atoms with Crippen molar-refractivity contribution in [1.82, 2.24) is 9.97 Å². The van der Waals surface area contributed by atoms with E-state index in [-0.39, 0.29) is 0 Å². The average molecular weight is 464 g/mol. The molecule has 0 saturated carbocycles. The molecular weight excluding hydrogens is 442 g/mol. The lowest BCUT2D eigenvalue weighted by Crippen LogP contribution is -2.03. The summed E-state index contributed by atoms with van der Waals surface area (Å²) in [6, 6.07) is 22.4. The van der Waals surface area contributed by atoms with Crippen LogP contribution in [0.15, 0.2) is 71.6 Å². The standard InChI is InChI=1S/C22H16ClN5OS.C2H6/c1-29-15-9-10-17(23)20(12-15)27-21-22(26-19-8-3-2-7-18(19)25-21)28-30-16-6-4-5-14(11-16)13-24;1-2/h2-12H,1H3,(H,25,27)(H,26,28);1-2H3. The molecule has 3 aromatic carbocycles. The van der Waals surface area contributed by atoms with Gasteiger partial charge in [-0.1, -0.05) is 43.6 Å². The van der Waals surface area contributed by atoms with Crippen LogP contribution in [-0.2, 0) is 0 Å². The Hall–Kier alpha value is -3.47. The van der Waals surface area contributed by atoms with Gasteiger partial charge in [-0.2, -0.15) is 5.26 Å². The van der Waals surface area contributed by atoms with E-state index in [4.69, 9.17) is 31.6 Å². The molecule has 0 fully saturated rings. The Morgan fingerprint density at radius 1 is 0.938 bits per heavy atom. The van der Waals surface area contributed by atoms with Crippen molar-refractivity contribution in [1.29, 1.82) is 5.26 Å². The van der Waals surface area contributed by atoms with E-state index < -0.39 is 0 Å². The number of aromatic nitrogens is 2. The first-order chi connectivity index (χ1) is 15.7. The number of nitriles is 1. The van der Waals surface area contributed by atoms with Gasteiger partial charge in [0.15, 0.2) is 11.6 Å². The summed E-state index contributed by atoms with van der Waals surface area (Å²) >= 11 is 7.70. The van der Waals surface area contributed by atoms with E-state index in [0.29, 0.717) is 33.7 Å². The Morgan fingerprint density at radius 2 is 1.66 bits per heavy atom. The van der Waals surface area contributed by atoms with Crippen LogP contribution in [-0.4, -0.2) is 17.1 Å². The van der Waals surface area contributed by atoms with Gasteiger partial charge in [0.25, 0.3) is 0 Å². The second-order valence-electron chi connectivity index (χ2n) is 6.22. The lowest BCUT2D eigenvalue weighted by Gasteiger charge is -2.14. The number of halogens is 1. The summed E-state index contributed by atoms with van der Waals surface area (Å²) in [7, 11) is 1.60. The van der Waals surface area contributed by atoms with Crippen molar-refractivity contribution < 1.29 is 4.74 Å². The highest BCUT2D eigenvalue weighted by Gasteiger charge is 2.12. The quantitative estimate of drug-likeness (QED) is 0.296. The minimum Gasteiger partial charge on any atom is -0.497 e. The summed E-state index contributed by atoms with van der Waals surface area (Å²) in [6.45, 7) is 4.00. The zero-order chi connectivity index (χ0) is 22.9. The molecule has 32 heavy (non-hydrogen) atoms. The summed E-state index contributed by atoms with van der Waals surface area (Å²) in [5, 5.41) is 12.9. The van der Waals surface area contributed by atoms with Crippen LogP contribution in [0.2, 0.25) is 5.02 Å². The van der Waals surface area contributed by atoms with Crippen LogP contribution < -0.4 is 14.8 Å². The molecule has 1 aromatic heterocycles. The number of rotatable bonds is 6. The lowest BCUT2D eigenvalue weighted by atomic mass is 10.2. The number of fused-ring (bicyclic) bond motifs is 1. The van der Waals surface area contributed by atoms with Crippen molar-refractivity contribution in [2.24, 2.45) is 0 Å². The third-order valence-electron chi connectivity index (χ3n) is 4.23. The first kappa shape index (κ1) is 23.2. The van der Waals surface area contributed by atoms with Gasteiger partial charge in [-0.3, -0.25) is 0 Å². The summed E-state index contributed by atoms with van der Waals surface area (Å²) in [6.07, 6.45) is 0. The maximum Gasteiger partial charge on any atom is 0.180 e. The SMILES string of the molecule is CC.COc1ccc(Cl)c(Nc2nc3ccccc3nc2NSc2cccc(C#N)c2)c1. The molecule has 0 amide bonds. The molecule has 1 heterocycles. The number of benzene rings is 3. The first-order valence-corrected chi connectivity index (χ1v) is 11.2. The Morgan fingerprint density at radius 3 is 2.34 bits per heavy atom. The molecule has 0 aliphatic carbocycles. The molecule has 0 aliphatic rings. The molecule has 4 rings (SSSR count). The number of methoxy groups -OCH3 is 1. The van der Waals surface area contributed by atoms with Gasteiger partial charge in [-0.25, -0.2) is 9.97 Å². The molecule has 8 heteroatoms. The fourth-order valence-electron chi connectivity index (χ4n) is 2.75. The molecule has 6 nitrogen and oxygen atoms in total. The van der Waals surface area contributed by atoms with Gasteiger partial charge in [-0.05, 0) is 54.4 Å². The van der Waals surface area contributed by atoms with Crippen LogP contribution in [0.25, 0.3) is 11.0 Å². The highest BCUT2D eigenvalue weighted by Crippen LogP contribution is 2.33. The fraction of sp³-hybridized carbons (Fsp3) is 0.125. The Labute approximate surface area is 196 Å². The van der Waals surface area contributed by atoms with Crippen molar-refractivity contribution in [2.45, 2.75) is 18.7 Å². The maximum absolute atomic E-state index is 9.11. The number of nitrogens with zero attached hydrogens (tertiary/aromatic N) is 3. The van der Waals surface area contributed by atoms with Crippen molar-refractivity contribution in [3.05, 3.63) is 77.3 Å². The Kier molecular flexibility index (Phi) is 8.14. The normalized spacial score (nSPS) is 9.97. The Bertz CT molecular complexity index is 1260. The van der Waals surface area contributed by atoms with Crippen LogP contribution >= 0.6 is 23.5 Å². The summed E-state index contributed by atoms with van der Waals surface area (Å²) < 4.78 is 8.53. The van der Waals surface area contributed by atoms with Crippen molar-refractivity contribution in [3.63, 3.8) is 0 Å². The van der Waals surface area contributed by atoms with Crippen LogP contribution in [0.4, 0.5) is 17.3 Å². The van der Waals surface area contributed by atoms with E-state index in [2.05, 4.69) is 16.1 Å². The summed E-state index contributed by atoms with van der Waals surface area (Å²) in [5.74, 6) is 1.74. The molecule has 0 bridgehead atoms. The lowest BCUT2D eigenvalue weighted by molar-refractivity contribution is 0.415. The van der Waals surface area contributed by atoms with Gasteiger partial charge >= 0.3 is 0 Å². The van der Waals surface area contributed by atoms with E-state index >= 15 is 0 Å². The molecule has 0 unspecified atom stereocenters. The van der Waals surface area contributed by atoms with Gasteiger partial charge in [0.05, 0.1) is 40.5 Å². The van der Waals surface area contributed by atoms with E-state index in [9.17, 15) is 0 Å². The number of hydrogen-bond donors (Lipinski definition) is 2. The molecular formula is C24H22ClN5OS. The van der Waals surface area contributed by atoms with Gasteiger partial charge in [0.2, 0.25) is 0 Å². The van der Waals surface area contributed by atoms with Crippen molar-refractivity contribution in [3.8, 4) is 11.8 Å². The molecule has 0 aliphatic heterocycles. The smallest absolute Gasteiger partial charge is 0.180 e. The molecule has 0 atom stereocenters. The Balaban J connectivity index is 0.00000141. The van der Waals surface area contributed by atoms with Gasteiger partial charge in [0, 0.05) is 11.0 Å². The van der Waals surface area contributed by atoms with Crippen LogP contribution in [0.1, 0.15) is 19.4 Å². The molecule has 0 saturated heterocycles. The zero-order valence-corrected chi connectivity index (χ0v) is 19.5. The van der Waals surface area contributed by atoms with Gasteiger partial charge in [-0.15, -0.1) is 0 Å². The van der Waals surface area contributed by atoms with Crippen LogP contribution in [0, 0.1) is 11.3 Å². The third kappa shape index (κ3) is 5.61. The van der Waals surface area contributed by atoms with Crippen molar-refractivity contribution in [2.75, 3.05) is 17.1 Å². The molecule has 162 valence electrons. The predicted octanol–water partition coefficient (Wildman–Crippen LogP) is 7.05. The number of hydrogen-bond acceptors (Lipinski definition) is 7. The number of anilines is 3. The predicted molar refractivity (Wildman–Crippen MR) is 133 cm³/mol. The molecule has 0 radical (unpaired) electrons. The second kappa shape index (κ2) is 11.2. The highest BCUT2D eigenvalue weighted by atomic mass is 35.5. The van der Waals surface area contributed by atoms with Gasteiger partial charge in [0.1, 0.15) is 5.75 Å². The minimum absolute atomic E-state index is 0.521. The molecule has 0 spiro atoms. The van der Waals surface area contributed by atoms with E-state index in [0.717, 1.165) is 15.9 Å². The largest absolute Gasteiger partial charge is 0.497 e. The molecule has 4 aromatic rings. The number of para-hydroxylation sites is 2. The first-order valence-electron chi connectivity index (χ1n) is 9.96.